The number of hydrazine groups is 1. The molecule has 0 aromatic carbocycles. The van der Waals surface area contributed by atoms with E-state index in [0.29, 0.717) is 5.37 Å². The third kappa shape index (κ3) is 1.63. The zero-order chi connectivity index (χ0) is 7.56. The van der Waals surface area contributed by atoms with Crippen LogP contribution < -0.4 is 0 Å². The van der Waals surface area contributed by atoms with Gasteiger partial charge in [-0.25, -0.2) is 10.0 Å². The fourth-order valence-electron chi connectivity index (χ4n) is 0.979. The highest BCUT2D eigenvalue weighted by molar-refractivity contribution is 7.99. The fraction of sp³-hybridized carbons (Fsp3) is 1.00. The first-order valence-electron chi connectivity index (χ1n) is 3.30. The number of thioether (sulfide) groups is 1. The number of rotatable bonds is 2. The van der Waals surface area contributed by atoms with Gasteiger partial charge in [0.25, 0.3) is 0 Å². The molecule has 1 aliphatic rings. The van der Waals surface area contributed by atoms with Crippen molar-refractivity contribution in [1.29, 1.82) is 0 Å². The summed E-state index contributed by atoms with van der Waals surface area (Å²) in [5.41, 5.74) is 0. The first-order valence-corrected chi connectivity index (χ1v) is 4.59. The summed E-state index contributed by atoms with van der Waals surface area (Å²) in [5.74, 6) is 0. The normalized spacial score (nSPS) is 28.2. The summed E-state index contributed by atoms with van der Waals surface area (Å²) >= 11 is 1.83. The molecule has 1 aliphatic heterocycles. The minimum absolute atomic E-state index is 0.509. The third-order valence-corrected chi connectivity index (χ3v) is 2.53. The van der Waals surface area contributed by atoms with E-state index in [1.165, 1.54) is 0 Å². The maximum absolute atomic E-state index is 5.29. The van der Waals surface area contributed by atoms with Gasteiger partial charge in [-0.2, -0.15) is 0 Å². The van der Waals surface area contributed by atoms with Crippen molar-refractivity contribution in [3.63, 3.8) is 0 Å². The highest BCUT2D eigenvalue weighted by Gasteiger charge is 2.25. The molecule has 0 spiro atoms. The van der Waals surface area contributed by atoms with Gasteiger partial charge in [0.05, 0.1) is 12.0 Å². The molecule has 3 nitrogen and oxygen atoms in total. The van der Waals surface area contributed by atoms with Crippen LogP contribution in [-0.4, -0.2) is 49.1 Å². The largest absolute Gasteiger partial charge is 0.362 e. The average Bonchev–Trinajstić information content (AvgIpc) is 2.33. The molecule has 4 heteroatoms. The summed E-state index contributed by atoms with van der Waals surface area (Å²) in [6.45, 7) is 1.58. The number of hydrogen-bond acceptors (Lipinski definition) is 4. The molecule has 0 aliphatic carbocycles. The van der Waals surface area contributed by atoms with Crippen LogP contribution in [0.4, 0.5) is 0 Å². The molecular formula is C6H14N2OS. The molecule has 60 valence electrons. The van der Waals surface area contributed by atoms with Gasteiger partial charge >= 0.3 is 0 Å². The average molecular weight is 162 g/mol. The second-order valence-electron chi connectivity index (χ2n) is 2.48. The van der Waals surface area contributed by atoms with Crippen LogP contribution in [0.15, 0.2) is 0 Å². The van der Waals surface area contributed by atoms with Crippen molar-refractivity contribution >= 4 is 11.8 Å². The van der Waals surface area contributed by atoms with Crippen LogP contribution in [0.3, 0.4) is 0 Å². The Morgan fingerprint density at radius 2 is 2.30 bits per heavy atom. The highest BCUT2D eigenvalue weighted by Crippen LogP contribution is 2.18. The first kappa shape index (κ1) is 8.33. The summed E-state index contributed by atoms with van der Waals surface area (Å²) in [6, 6.07) is 0. The molecule has 1 saturated heterocycles. The summed E-state index contributed by atoms with van der Waals surface area (Å²) in [5, 5.41) is 4.79. The van der Waals surface area contributed by atoms with Crippen LogP contribution in [0, 0.1) is 0 Å². The van der Waals surface area contributed by atoms with Gasteiger partial charge < -0.3 is 4.74 Å². The maximum atomic E-state index is 5.29. The lowest BCUT2D eigenvalue weighted by molar-refractivity contribution is -0.000922. The fourth-order valence-corrected chi connectivity index (χ4v) is 1.70. The van der Waals surface area contributed by atoms with Gasteiger partial charge in [-0.1, -0.05) is 0 Å². The van der Waals surface area contributed by atoms with Gasteiger partial charge in [0.1, 0.15) is 6.73 Å². The number of nitrogens with zero attached hydrogens (tertiary/aromatic N) is 2. The Hall–Kier alpha value is 0.230. The Morgan fingerprint density at radius 1 is 1.60 bits per heavy atom. The topological polar surface area (TPSA) is 15.7 Å². The van der Waals surface area contributed by atoms with Gasteiger partial charge in [-0.3, -0.25) is 0 Å². The number of hydrogen-bond donors (Lipinski definition) is 0. The molecule has 1 atom stereocenters. The van der Waals surface area contributed by atoms with E-state index in [9.17, 15) is 0 Å². The predicted molar refractivity (Wildman–Crippen MR) is 43.6 cm³/mol. The Kier molecular flexibility index (Phi) is 2.97. The molecule has 10 heavy (non-hydrogen) atoms. The molecule has 1 fully saturated rings. The summed E-state index contributed by atoms with van der Waals surface area (Å²) in [6.07, 6.45) is 2.11. The summed E-state index contributed by atoms with van der Waals surface area (Å²) in [4.78, 5) is 0. The van der Waals surface area contributed by atoms with E-state index >= 15 is 0 Å². The molecule has 0 amide bonds. The molecule has 1 rings (SSSR count). The quantitative estimate of drug-likeness (QED) is 0.585. The molecule has 1 heterocycles. The second kappa shape index (κ2) is 3.57. The first-order chi connectivity index (χ1) is 4.75. The molecule has 0 radical (unpaired) electrons. The van der Waals surface area contributed by atoms with Crippen LogP contribution in [0.25, 0.3) is 0 Å². The highest BCUT2D eigenvalue weighted by atomic mass is 32.2. The van der Waals surface area contributed by atoms with Gasteiger partial charge in [-0.05, 0) is 6.26 Å². The van der Waals surface area contributed by atoms with Gasteiger partial charge in [0.15, 0.2) is 0 Å². The zero-order valence-corrected chi connectivity index (χ0v) is 7.52. The van der Waals surface area contributed by atoms with Crippen molar-refractivity contribution < 1.29 is 4.74 Å². The Labute approximate surface area is 66.3 Å². The van der Waals surface area contributed by atoms with Crippen LogP contribution in [0.5, 0.6) is 0 Å². The second-order valence-corrected chi connectivity index (χ2v) is 3.49. The lowest BCUT2D eigenvalue weighted by Crippen LogP contribution is -2.39. The van der Waals surface area contributed by atoms with Crippen LogP contribution in [-0.2, 0) is 4.74 Å². The van der Waals surface area contributed by atoms with Crippen molar-refractivity contribution in [3.8, 4) is 0 Å². The van der Waals surface area contributed by atoms with Crippen molar-refractivity contribution in [2.24, 2.45) is 0 Å². The van der Waals surface area contributed by atoms with Crippen molar-refractivity contribution in [1.82, 2.24) is 10.0 Å². The van der Waals surface area contributed by atoms with Crippen LogP contribution in [0.2, 0.25) is 0 Å². The molecule has 0 bridgehead atoms. The Morgan fingerprint density at radius 3 is 2.70 bits per heavy atom. The third-order valence-electron chi connectivity index (χ3n) is 1.60. The van der Waals surface area contributed by atoms with Crippen molar-refractivity contribution in [3.05, 3.63) is 0 Å². The van der Waals surface area contributed by atoms with Crippen LogP contribution >= 0.6 is 11.8 Å². The molecule has 0 saturated carbocycles. The molecule has 1 unspecified atom stereocenters. The lowest BCUT2D eigenvalue weighted by Gasteiger charge is -2.26. The minimum atomic E-state index is 0.509. The molecular weight excluding hydrogens is 148 g/mol. The molecule has 0 aromatic rings. The SMILES string of the molecule is CSC1COCN1N(C)C. The summed E-state index contributed by atoms with van der Waals surface area (Å²) < 4.78 is 5.29. The van der Waals surface area contributed by atoms with Gasteiger partial charge in [0, 0.05) is 14.1 Å². The van der Waals surface area contributed by atoms with E-state index in [-0.39, 0.29) is 0 Å². The molecule has 0 aromatic heterocycles. The summed E-state index contributed by atoms with van der Waals surface area (Å²) in [7, 11) is 4.08. The van der Waals surface area contributed by atoms with Gasteiger partial charge in [-0.15, -0.1) is 11.8 Å². The predicted octanol–water partition coefficient (Wildman–Crippen LogP) is 0.442. The molecule has 0 N–H and O–H groups in total. The van der Waals surface area contributed by atoms with Crippen molar-refractivity contribution in [2.45, 2.75) is 5.37 Å². The van der Waals surface area contributed by atoms with E-state index in [2.05, 4.69) is 16.3 Å². The monoisotopic (exact) mass is 162 g/mol. The van der Waals surface area contributed by atoms with E-state index in [4.69, 9.17) is 4.74 Å². The zero-order valence-electron chi connectivity index (χ0n) is 6.70. The van der Waals surface area contributed by atoms with E-state index in [1.807, 2.05) is 25.9 Å². The maximum Gasteiger partial charge on any atom is 0.113 e. The van der Waals surface area contributed by atoms with E-state index in [0.717, 1.165) is 13.3 Å². The Bertz CT molecular complexity index is 110. The van der Waals surface area contributed by atoms with Crippen molar-refractivity contribution in [2.75, 3.05) is 33.7 Å². The van der Waals surface area contributed by atoms with Crippen LogP contribution in [0.1, 0.15) is 0 Å². The smallest absolute Gasteiger partial charge is 0.113 e. The lowest BCUT2D eigenvalue weighted by atomic mass is 10.7. The van der Waals surface area contributed by atoms with E-state index < -0.39 is 0 Å². The van der Waals surface area contributed by atoms with Gasteiger partial charge in [0.2, 0.25) is 0 Å². The van der Waals surface area contributed by atoms with E-state index in [1.54, 1.807) is 0 Å². The number of ether oxygens (including phenoxy) is 1. The standard InChI is InChI=1S/C6H14N2OS/c1-7(2)8-5-9-4-6(8)10-3/h6H,4-5H2,1-3H3. The Balaban J connectivity index is 2.42. The minimum Gasteiger partial charge on any atom is -0.362 e.